The number of amides is 1. The van der Waals surface area contributed by atoms with E-state index in [0.717, 1.165) is 11.1 Å². The van der Waals surface area contributed by atoms with Gasteiger partial charge in [0.05, 0.1) is 37.6 Å². The van der Waals surface area contributed by atoms with Crippen LogP contribution in [-0.2, 0) is 42.2 Å². The van der Waals surface area contributed by atoms with Gasteiger partial charge in [-0.15, -0.1) is 11.8 Å². The van der Waals surface area contributed by atoms with E-state index in [4.69, 9.17) is 42.6 Å². The first-order chi connectivity index (χ1) is 33.5. The Morgan fingerprint density at radius 3 is 2.34 bits per heavy atom. The molecule has 1 unspecified atom stereocenters. The van der Waals surface area contributed by atoms with Crippen LogP contribution in [0.3, 0.4) is 0 Å². The fraction of sp³-hybridized carbons (Fsp3) is 0.549. The van der Waals surface area contributed by atoms with Crippen LogP contribution in [0, 0.1) is 25.2 Å². The van der Waals surface area contributed by atoms with Gasteiger partial charge in [0.15, 0.2) is 40.0 Å². The number of alkyl carbamates (subject to hydrolysis) is 1. The van der Waals surface area contributed by atoms with Crippen molar-refractivity contribution in [3.05, 3.63) is 62.7 Å². The zero-order chi connectivity index (χ0) is 51.2. The highest BCUT2D eigenvalue weighted by Crippen LogP contribution is 2.65. The first-order valence-electron chi connectivity index (χ1n) is 23.6. The van der Waals surface area contributed by atoms with Gasteiger partial charge in [-0.2, -0.15) is 5.26 Å². The number of esters is 2. The maximum Gasteiger partial charge on any atom is 0.514 e. The standard InChI is InChI=1S/C51H61N5O14S/c1-23-15-27-16-29-30(19-52)56-31-20-64-46(59)51(28-18-32(62-11)33(17-26(28)13-14-53-51)67-48(61)70-50(7,8)9)21-71-44(38(56)37(55(29)10)34(27)39(57)40(23)63-12)36-35(31)43-42(65-22-66-43)24(2)41(36)68-45(58)25(3)54-47(60)69-49(4,5)6/h15,17-18,25,29-31,37-38,44,53,57H,13-14,16,20-22H2,1-12H3,(H,54,60)/t25-,29+,30-,31-,37-,38?,44+,51+/m0/s1. The van der Waals surface area contributed by atoms with Crippen LogP contribution in [0.15, 0.2) is 18.2 Å². The van der Waals surface area contributed by atoms with Crippen LogP contribution < -0.4 is 39.1 Å². The number of thioether (sulfide) groups is 1. The van der Waals surface area contributed by atoms with E-state index in [1.165, 1.54) is 32.9 Å². The Morgan fingerprint density at radius 2 is 1.66 bits per heavy atom. The SMILES string of the molecule is COc1cc2c(cc1OC(=O)OC(C)(C)C)CCN[C@]21CS[C@@H]2c3c(OC(=O)[C@H](C)NC(=O)OC(C)(C)C)c(C)c4c(c3[C@H](COC1=O)N1C2[C@@H]2c3c(cc(C)c(OC)c3O)C[C@H]([C@@H]1C#N)N2C)OCO4. The minimum Gasteiger partial charge on any atom is -0.504 e. The highest BCUT2D eigenvalue weighted by atomic mass is 32.2. The Kier molecular flexibility index (Phi) is 12.7. The number of phenols is 1. The largest absolute Gasteiger partial charge is 0.514 e. The zero-order valence-electron chi connectivity index (χ0n) is 42.0. The molecule has 0 saturated carbocycles. The van der Waals surface area contributed by atoms with Gasteiger partial charge in [0.1, 0.15) is 35.6 Å². The van der Waals surface area contributed by atoms with Crippen molar-refractivity contribution in [1.29, 1.82) is 5.26 Å². The van der Waals surface area contributed by atoms with Crippen LogP contribution in [0.25, 0.3) is 0 Å². The van der Waals surface area contributed by atoms with Crippen molar-refractivity contribution in [1.82, 2.24) is 20.4 Å². The molecule has 2 saturated heterocycles. The minimum absolute atomic E-state index is 0.0119. The number of likely N-dealkylation sites (N-methyl/N-ethyl adjacent to an activating group) is 1. The highest BCUT2D eigenvalue weighted by molar-refractivity contribution is 7.99. The third-order valence-electron chi connectivity index (χ3n) is 14.0. The number of aromatic hydroxyl groups is 1. The summed E-state index contributed by atoms with van der Waals surface area (Å²) in [6.07, 6.45) is -0.868. The Bertz CT molecular complexity index is 2760. The number of hydrogen-bond donors (Lipinski definition) is 3. The first-order valence-corrected chi connectivity index (χ1v) is 24.7. The number of rotatable bonds is 6. The lowest BCUT2D eigenvalue weighted by Gasteiger charge is -2.62. The fourth-order valence-electron chi connectivity index (χ4n) is 11.2. The lowest BCUT2D eigenvalue weighted by molar-refractivity contribution is -0.157. The van der Waals surface area contributed by atoms with Crippen molar-refractivity contribution in [2.24, 2.45) is 0 Å². The molecule has 7 aliphatic heterocycles. The van der Waals surface area contributed by atoms with E-state index in [0.29, 0.717) is 70.0 Å². The topological polar surface area (TPSA) is 226 Å². The third kappa shape index (κ3) is 8.47. The number of nitriles is 1. The quantitative estimate of drug-likeness (QED) is 0.104. The lowest BCUT2D eigenvalue weighted by Crippen LogP contribution is -2.69. The second-order valence-corrected chi connectivity index (χ2v) is 22.0. The van der Waals surface area contributed by atoms with E-state index in [2.05, 4.69) is 26.5 Å². The summed E-state index contributed by atoms with van der Waals surface area (Å²) >= 11 is 1.39. The number of carbonyl (C=O) groups excluding carboxylic acids is 4. The average Bonchev–Trinajstić information content (AvgIpc) is 3.78. The van der Waals surface area contributed by atoms with Crippen molar-refractivity contribution in [2.75, 3.05) is 47.0 Å². The van der Waals surface area contributed by atoms with Crippen LogP contribution in [0.4, 0.5) is 9.59 Å². The number of phenolic OH excluding ortho intramolecular Hbond substituents is 1. The average molecular weight is 1000 g/mol. The number of carbonyl (C=O) groups is 4. The first kappa shape index (κ1) is 49.8. The smallest absolute Gasteiger partial charge is 0.504 e. The number of hydrogen-bond acceptors (Lipinski definition) is 19. The summed E-state index contributed by atoms with van der Waals surface area (Å²) in [7, 11) is 4.89. The van der Waals surface area contributed by atoms with Crippen molar-refractivity contribution < 1.29 is 66.9 Å². The van der Waals surface area contributed by atoms with Gasteiger partial charge in [-0.1, -0.05) is 6.07 Å². The molecule has 19 nitrogen and oxygen atoms in total. The molecule has 0 radical (unpaired) electrons. The minimum atomic E-state index is -1.53. The van der Waals surface area contributed by atoms with E-state index in [-0.39, 0.29) is 48.2 Å². The monoisotopic (exact) mass is 999 g/mol. The Labute approximate surface area is 416 Å². The second-order valence-electron chi connectivity index (χ2n) is 20.8. The van der Waals surface area contributed by atoms with E-state index >= 15 is 4.79 Å². The zero-order valence-corrected chi connectivity index (χ0v) is 42.8. The van der Waals surface area contributed by atoms with Gasteiger partial charge in [0.25, 0.3) is 0 Å². The van der Waals surface area contributed by atoms with E-state index < -0.39 is 76.4 Å². The predicted octanol–water partition coefficient (Wildman–Crippen LogP) is 6.49. The molecule has 3 aromatic rings. The summed E-state index contributed by atoms with van der Waals surface area (Å²) in [5.74, 6) is 0.0300. The second kappa shape index (κ2) is 18.2. The molecular formula is C51H61N5O14S. The molecule has 10 rings (SSSR count). The molecule has 3 aromatic carbocycles. The van der Waals surface area contributed by atoms with Crippen LogP contribution in [0.2, 0.25) is 0 Å². The normalized spacial score (nSPS) is 25.8. The number of nitrogens with one attached hydrogen (secondary N) is 2. The maximum absolute atomic E-state index is 15.2. The van der Waals surface area contributed by atoms with Gasteiger partial charge >= 0.3 is 24.2 Å². The van der Waals surface area contributed by atoms with Crippen molar-refractivity contribution >= 4 is 35.9 Å². The molecule has 1 amide bonds. The van der Waals surface area contributed by atoms with Crippen LogP contribution in [0.1, 0.15) is 110 Å². The number of aryl methyl sites for hydroxylation is 1. The van der Waals surface area contributed by atoms with Crippen molar-refractivity contribution in [3.63, 3.8) is 0 Å². The summed E-state index contributed by atoms with van der Waals surface area (Å²) in [6.45, 7) is 15.3. The van der Waals surface area contributed by atoms with Crippen LogP contribution in [-0.4, -0.2) is 121 Å². The van der Waals surface area contributed by atoms with E-state index in [1.807, 2.05) is 20.0 Å². The molecule has 4 bridgehead atoms. The molecule has 7 heterocycles. The molecule has 3 N–H and O–H groups in total. The number of fused-ring (bicyclic) bond motifs is 9. The number of methoxy groups -OCH3 is 2. The Balaban J connectivity index is 1.25. The van der Waals surface area contributed by atoms with Gasteiger partial charge < -0.3 is 53.1 Å². The molecule has 380 valence electrons. The number of piperazine rings is 1. The molecule has 7 aliphatic rings. The molecule has 1 spiro atoms. The number of nitrogens with zero attached hydrogens (tertiary/aromatic N) is 3. The Morgan fingerprint density at radius 1 is 0.944 bits per heavy atom. The molecular weight excluding hydrogens is 939 g/mol. The summed E-state index contributed by atoms with van der Waals surface area (Å²) in [5.41, 5.74) is 1.78. The van der Waals surface area contributed by atoms with Gasteiger partial charge in [-0.3, -0.25) is 15.1 Å². The van der Waals surface area contributed by atoms with Gasteiger partial charge in [-0.25, -0.2) is 19.2 Å². The molecule has 0 aromatic heterocycles. The van der Waals surface area contributed by atoms with E-state index in [9.17, 15) is 24.8 Å². The molecule has 20 heteroatoms. The van der Waals surface area contributed by atoms with Gasteiger partial charge in [0, 0.05) is 46.6 Å². The molecule has 71 heavy (non-hydrogen) atoms. The summed E-state index contributed by atoms with van der Waals surface area (Å²) in [5, 5.41) is 29.0. The molecule has 2 fully saturated rings. The van der Waals surface area contributed by atoms with Crippen molar-refractivity contribution in [3.8, 4) is 46.3 Å². The molecule has 8 atom stereocenters. The van der Waals surface area contributed by atoms with Gasteiger partial charge in [0.2, 0.25) is 6.79 Å². The summed E-state index contributed by atoms with van der Waals surface area (Å²) in [4.78, 5) is 59.8. The maximum atomic E-state index is 15.2. The van der Waals surface area contributed by atoms with Crippen LogP contribution >= 0.6 is 11.8 Å². The lowest BCUT2D eigenvalue weighted by atomic mass is 9.71. The third-order valence-corrected chi connectivity index (χ3v) is 15.5. The van der Waals surface area contributed by atoms with Gasteiger partial charge in [-0.05, 0) is 117 Å². The summed E-state index contributed by atoms with van der Waals surface area (Å²) < 4.78 is 53.8. The Hall–Kier alpha value is -6.14. The predicted molar refractivity (Wildman–Crippen MR) is 256 cm³/mol. The van der Waals surface area contributed by atoms with Crippen molar-refractivity contribution in [2.45, 2.75) is 133 Å². The summed E-state index contributed by atoms with van der Waals surface area (Å²) in [6, 6.07) is 3.44. The van der Waals surface area contributed by atoms with E-state index in [1.54, 1.807) is 60.6 Å². The van der Waals surface area contributed by atoms with Crippen LogP contribution in [0.5, 0.6) is 40.2 Å². The number of benzene rings is 3. The number of ether oxygens (including phenoxy) is 9. The molecule has 0 aliphatic carbocycles. The fourth-order valence-corrected chi connectivity index (χ4v) is 12.9. The highest BCUT2D eigenvalue weighted by Gasteiger charge is 2.62.